The number of fused-ring (bicyclic) bond motifs is 1. The second kappa shape index (κ2) is 10.9. The van der Waals surface area contributed by atoms with E-state index in [1.54, 1.807) is 24.3 Å². The molecule has 1 heterocycles. The monoisotopic (exact) mass is 523 g/mol. The highest BCUT2D eigenvalue weighted by Gasteiger charge is 2.47. The lowest BCUT2D eigenvalue weighted by Crippen LogP contribution is -2.31. The van der Waals surface area contributed by atoms with E-state index in [1.807, 2.05) is 31.2 Å². The molecule has 0 unspecified atom stereocenters. The Balaban J connectivity index is 1.18. The van der Waals surface area contributed by atoms with Crippen LogP contribution in [0, 0.1) is 18.8 Å². The number of allylic oxidation sites excluding steroid dienone is 2. The molecule has 0 N–H and O–H groups in total. The number of ketones is 1. The van der Waals surface area contributed by atoms with E-state index in [4.69, 9.17) is 9.47 Å². The highest BCUT2D eigenvalue weighted by molar-refractivity contribution is 6.22. The van der Waals surface area contributed by atoms with Gasteiger partial charge < -0.3 is 9.47 Å². The molecule has 1 aliphatic heterocycles. The maximum atomic E-state index is 12.9. The first-order valence-corrected chi connectivity index (χ1v) is 12.5. The Morgan fingerprint density at radius 1 is 0.769 bits per heavy atom. The summed E-state index contributed by atoms with van der Waals surface area (Å²) in [4.78, 5) is 64.4. The molecule has 2 atom stereocenters. The highest BCUT2D eigenvalue weighted by Crippen LogP contribution is 2.37. The summed E-state index contributed by atoms with van der Waals surface area (Å²) >= 11 is 0. The van der Waals surface area contributed by atoms with Crippen molar-refractivity contribution in [2.45, 2.75) is 19.8 Å². The molecule has 2 amide bonds. The van der Waals surface area contributed by atoms with E-state index in [0.717, 1.165) is 10.5 Å². The number of ether oxygens (including phenoxy) is 2. The summed E-state index contributed by atoms with van der Waals surface area (Å²) in [6.07, 6.45) is 4.86. The molecule has 0 radical (unpaired) electrons. The Hall–Kier alpha value is -4.85. The summed E-state index contributed by atoms with van der Waals surface area (Å²) in [5.74, 6) is -2.76. The van der Waals surface area contributed by atoms with Crippen molar-refractivity contribution in [3.05, 3.63) is 107 Å². The molecule has 196 valence electrons. The number of anilines is 1. The number of aryl methyl sites for hydroxylation is 1. The summed E-state index contributed by atoms with van der Waals surface area (Å²) < 4.78 is 10.5. The molecule has 0 spiro atoms. The summed E-state index contributed by atoms with van der Waals surface area (Å²) in [6.45, 7) is 1.41. The van der Waals surface area contributed by atoms with E-state index >= 15 is 0 Å². The number of nitrogens with zero attached hydrogens (tertiary/aromatic N) is 1. The Morgan fingerprint density at radius 2 is 1.38 bits per heavy atom. The molecule has 0 bridgehead atoms. The minimum atomic E-state index is -0.757. The van der Waals surface area contributed by atoms with Crippen molar-refractivity contribution in [2.75, 3.05) is 11.5 Å². The minimum absolute atomic E-state index is 0.118. The summed E-state index contributed by atoms with van der Waals surface area (Å²) in [7, 11) is 0. The second-order valence-electron chi connectivity index (χ2n) is 9.50. The average Bonchev–Trinajstić information content (AvgIpc) is 3.21. The quantitative estimate of drug-likeness (QED) is 0.145. The van der Waals surface area contributed by atoms with Crippen LogP contribution >= 0.6 is 0 Å². The van der Waals surface area contributed by atoms with Crippen molar-refractivity contribution in [2.24, 2.45) is 11.8 Å². The van der Waals surface area contributed by atoms with Crippen LogP contribution in [0.5, 0.6) is 5.75 Å². The third-order valence-electron chi connectivity index (χ3n) is 6.86. The Kier molecular flexibility index (Phi) is 7.19. The molecule has 1 aliphatic carbocycles. The lowest BCUT2D eigenvalue weighted by Gasteiger charge is -2.15. The van der Waals surface area contributed by atoms with E-state index in [-0.39, 0.29) is 40.5 Å². The van der Waals surface area contributed by atoms with Gasteiger partial charge in [-0.1, -0.05) is 35.9 Å². The third-order valence-corrected chi connectivity index (χ3v) is 6.86. The van der Waals surface area contributed by atoms with Gasteiger partial charge in [-0.3, -0.25) is 19.3 Å². The Morgan fingerprint density at radius 3 is 2.03 bits per heavy atom. The lowest BCUT2D eigenvalue weighted by molar-refractivity contribution is -0.122. The van der Waals surface area contributed by atoms with Gasteiger partial charge in [0.05, 0.1) is 28.7 Å². The SMILES string of the molecule is Cc1ccc(C(=O)Oc2ccc(C(=O)COC(=O)c3cccc(N4C(=O)[C@H]5CC=CC[C@@H]5C4=O)c3)cc2)cc1. The minimum Gasteiger partial charge on any atom is -0.454 e. The molecule has 8 heteroatoms. The number of carbonyl (C=O) groups is 5. The van der Waals surface area contributed by atoms with E-state index in [9.17, 15) is 24.0 Å². The van der Waals surface area contributed by atoms with E-state index in [1.165, 1.54) is 36.4 Å². The van der Waals surface area contributed by atoms with Crippen LogP contribution < -0.4 is 9.64 Å². The van der Waals surface area contributed by atoms with Crippen LogP contribution in [0.15, 0.2) is 84.9 Å². The fourth-order valence-corrected chi connectivity index (χ4v) is 4.69. The van der Waals surface area contributed by atoms with Gasteiger partial charge in [0, 0.05) is 5.56 Å². The van der Waals surface area contributed by atoms with E-state index in [0.29, 0.717) is 24.1 Å². The Labute approximate surface area is 224 Å². The van der Waals surface area contributed by atoms with Crippen LogP contribution in [-0.2, 0) is 14.3 Å². The predicted octanol–water partition coefficient (Wildman–Crippen LogP) is 4.71. The van der Waals surface area contributed by atoms with Gasteiger partial charge in [0.2, 0.25) is 11.8 Å². The summed E-state index contributed by atoms with van der Waals surface area (Å²) in [5, 5.41) is 0. The molecule has 3 aromatic carbocycles. The zero-order valence-electron chi connectivity index (χ0n) is 21.2. The largest absolute Gasteiger partial charge is 0.454 e. The van der Waals surface area contributed by atoms with Crippen molar-refractivity contribution in [1.82, 2.24) is 0 Å². The molecular weight excluding hydrogens is 498 g/mol. The normalized spacial score (nSPS) is 18.0. The molecule has 1 fully saturated rings. The second-order valence-corrected chi connectivity index (χ2v) is 9.50. The number of rotatable bonds is 7. The van der Waals surface area contributed by atoms with Gasteiger partial charge in [-0.15, -0.1) is 0 Å². The molecule has 39 heavy (non-hydrogen) atoms. The molecule has 5 rings (SSSR count). The topological polar surface area (TPSA) is 107 Å². The van der Waals surface area contributed by atoms with Gasteiger partial charge in [0.1, 0.15) is 5.75 Å². The van der Waals surface area contributed by atoms with Crippen molar-refractivity contribution in [3.8, 4) is 5.75 Å². The van der Waals surface area contributed by atoms with Crippen molar-refractivity contribution in [1.29, 1.82) is 0 Å². The van der Waals surface area contributed by atoms with Gasteiger partial charge in [0.25, 0.3) is 0 Å². The zero-order chi connectivity index (χ0) is 27.5. The van der Waals surface area contributed by atoms with Crippen molar-refractivity contribution in [3.63, 3.8) is 0 Å². The van der Waals surface area contributed by atoms with E-state index in [2.05, 4.69) is 0 Å². The van der Waals surface area contributed by atoms with Gasteiger partial charge in [-0.2, -0.15) is 0 Å². The van der Waals surface area contributed by atoms with Crippen LogP contribution in [0.3, 0.4) is 0 Å². The van der Waals surface area contributed by atoms with Crippen LogP contribution in [0.1, 0.15) is 49.5 Å². The number of carbonyl (C=O) groups excluding carboxylic acids is 5. The van der Waals surface area contributed by atoms with Gasteiger partial charge in [-0.25, -0.2) is 9.59 Å². The van der Waals surface area contributed by atoms with Gasteiger partial charge >= 0.3 is 11.9 Å². The number of Topliss-reactive ketones (excluding diaryl/α,β-unsaturated/α-hetero) is 1. The van der Waals surface area contributed by atoms with Crippen LogP contribution in [0.25, 0.3) is 0 Å². The number of amides is 2. The highest BCUT2D eigenvalue weighted by atomic mass is 16.5. The molecule has 8 nitrogen and oxygen atoms in total. The predicted molar refractivity (Wildman–Crippen MR) is 141 cm³/mol. The zero-order valence-corrected chi connectivity index (χ0v) is 21.2. The van der Waals surface area contributed by atoms with Crippen LogP contribution in [0.2, 0.25) is 0 Å². The van der Waals surface area contributed by atoms with Gasteiger partial charge in [-0.05, 0) is 74.4 Å². The first-order chi connectivity index (χ1) is 18.8. The number of benzene rings is 3. The standard InChI is InChI=1S/C31H25NO7/c1-19-9-11-21(12-10-19)31(37)39-24-15-13-20(14-16-24)27(33)18-38-30(36)22-5-4-6-23(17-22)32-28(34)25-7-2-3-8-26(25)29(32)35/h2-6,9-17,25-26H,7-8,18H2,1H3/t25-,26-/m0/s1. The number of hydrogen-bond donors (Lipinski definition) is 0. The summed E-state index contributed by atoms with van der Waals surface area (Å²) in [5.41, 5.74) is 2.12. The average molecular weight is 524 g/mol. The van der Waals surface area contributed by atoms with Gasteiger partial charge in [0.15, 0.2) is 12.4 Å². The van der Waals surface area contributed by atoms with Crippen molar-refractivity contribution < 1.29 is 33.4 Å². The lowest BCUT2D eigenvalue weighted by atomic mass is 9.85. The van der Waals surface area contributed by atoms with E-state index < -0.39 is 24.3 Å². The first kappa shape index (κ1) is 25.8. The fourth-order valence-electron chi connectivity index (χ4n) is 4.69. The molecular formula is C31H25NO7. The van der Waals surface area contributed by atoms with Crippen LogP contribution in [-0.4, -0.2) is 36.1 Å². The molecule has 0 saturated carbocycles. The fraction of sp³-hybridized carbons (Fsp3) is 0.194. The van der Waals surface area contributed by atoms with Crippen molar-refractivity contribution >= 4 is 35.2 Å². The van der Waals surface area contributed by atoms with Crippen LogP contribution in [0.4, 0.5) is 5.69 Å². The first-order valence-electron chi connectivity index (χ1n) is 12.5. The maximum Gasteiger partial charge on any atom is 0.343 e. The maximum absolute atomic E-state index is 12.9. The molecule has 0 aromatic heterocycles. The number of esters is 2. The smallest absolute Gasteiger partial charge is 0.343 e. The summed E-state index contributed by atoms with van der Waals surface area (Å²) in [6, 6.07) is 19.0. The third kappa shape index (κ3) is 5.40. The molecule has 1 saturated heterocycles. The molecule has 2 aliphatic rings. The molecule has 3 aromatic rings. The Bertz CT molecular complexity index is 1460. The number of hydrogen-bond acceptors (Lipinski definition) is 7. The number of imide groups is 1.